The van der Waals surface area contributed by atoms with Gasteiger partial charge in [0.05, 0.1) is 0 Å². The number of hydrogen-bond donors (Lipinski definition) is 1. The molecule has 5 nitrogen and oxygen atoms in total. The fourth-order valence-corrected chi connectivity index (χ4v) is 0.830. The Bertz CT molecular complexity index is 334. The Labute approximate surface area is 79.9 Å². The number of rotatable bonds is 4. The Kier molecular flexibility index (Phi) is 3.63. The third kappa shape index (κ3) is 2.87. The van der Waals surface area contributed by atoms with Crippen molar-refractivity contribution in [3.05, 3.63) is 24.3 Å². The van der Waals surface area contributed by atoms with E-state index in [1.165, 1.54) is 18.2 Å². The van der Waals surface area contributed by atoms with Gasteiger partial charge < -0.3 is 14.6 Å². The van der Waals surface area contributed by atoms with E-state index in [4.69, 9.17) is 5.11 Å². The first-order chi connectivity index (χ1) is 6.76. The molecule has 0 unspecified atom stereocenters. The lowest BCUT2D eigenvalue weighted by Gasteiger charge is -2.03. The highest BCUT2D eigenvalue weighted by Gasteiger charge is 2.03. The number of carbonyl (C=O) groups excluding carboxylic acids is 2. The van der Waals surface area contributed by atoms with Crippen LogP contribution in [0.5, 0.6) is 11.5 Å². The smallest absolute Gasteiger partial charge is 0.337 e. The minimum atomic E-state index is -0.770. The van der Waals surface area contributed by atoms with Gasteiger partial charge in [0.1, 0.15) is 18.1 Å². The molecule has 14 heavy (non-hydrogen) atoms. The molecule has 0 radical (unpaired) electrons. The maximum Gasteiger partial charge on any atom is 0.337 e. The van der Waals surface area contributed by atoms with E-state index in [0.29, 0.717) is 0 Å². The van der Waals surface area contributed by atoms with Crippen LogP contribution in [0, 0.1) is 0 Å². The molecule has 1 aromatic rings. The summed E-state index contributed by atoms with van der Waals surface area (Å²) in [6, 6.07) is 5.96. The molecule has 74 valence electrons. The summed E-state index contributed by atoms with van der Waals surface area (Å²) in [5.74, 6) is -0.292. The Hall–Kier alpha value is -1.88. The summed E-state index contributed by atoms with van der Waals surface area (Å²) >= 11 is 0. The van der Waals surface area contributed by atoms with Crippen LogP contribution in [-0.4, -0.2) is 24.2 Å². The second-order valence-electron chi connectivity index (χ2n) is 2.32. The molecule has 0 fully saturated rings. The van der Waals surface area contributed by atoms with Gasteiger partial charge in [0.15, 0.2) is 0 Å². The Morgan fingerprint density at radius 3 is 2.79 bits per heavy atom. The molecule has 0 saturated carbocycles. The minimum absolute atomic E-state index is 0.211. The van der Waals surface area contributed by atoms with Crippen LogP contribution in [0.25, 0.3) is 0 Å². The normalized spacial score (nSPS) is 9.21. The summed E-state index contributed by atoms with van der Waals surface area (Å²) in [6.45, 7) is -0.425. The monoisotopic (exact) mass is 196 g/mol. The maximum absolute atomic E-state index is 10.7. The zero-order valence-corrected chi connectivity index (χ0v) is 7.17. The summed E-state index contributed by atoms with van der Waals surface area (Å²) in [5.41, 5.74) is 0. The molecule has 0 aliphatic rings. The van der Waals surface area contributed by atoms with Crippen molar-refractivity contribution in [1.29, 1.82) is 0 Å². The first-order valence-corrected chi connectivity index (χ1v) is 3.78. The molecule has 0 amide bonds. The van der Waals surface area contributed by atoms with Crippen molar-refractivity contribution < 1.29 is 24.2 Å². The Balaban J connectivity index is 2.72. The number of aliphatic hydroxyl groups excluding tert-OH is 1. The van der Waals surface area contributed by atoms with E-state index < -0.39 is 12.6 Å². The standard InChI is InChI=1S/C9H8O5/c10-5-9(12)14-8-3-1-2-7(4-8)13-6-11/h1-4,6,10H,5H2. The Morgan fingerprint density at radius 2 is 2.14 bits per heavy atom. The van der Waals surface area contributed by atoms with Gasteiger partial charge in [-0.1, -0.05) is 6.07 Å². The van der Waals surface area contributed by atoms with Gasteiger partial charge in [0.2, 0.25) is 0 Å². The van der Waals surface area contributed by atoms with E-state index in [2.05, 4.69) is 9.47 Å². The fourth-order valence-electron chi connectivity index (χ4n) is 0.830. The molecular formula is C9H8O5. The van der Waals surface area contributed by atoms with E-state index in [-0.39, 0.29) is 18.0 Å². The molecule has 0 spiro atoms. The van der Waals surface area contributed by atoms with Crippen molar-refractivity contribution in [2.24, 2.45) is 0 Å². The van der Waals surface area contributed by atoms with Gasteiger partial charge in [0.25, 0.3) is 6.47 Å². The van der Waals surface area contributed by atoms with Gasteiger partial charge in [0, 0.05) is 6.07 Å². The fraction of sp³-hybridized carbons (Fsp3) is 0.111. The lowest BCUT2D eigenvalue weighted by atomic mass is 10.3. The maximum atomic E-state index is 10.7. The molecule has 0 aliphatic heterocycles. The third-order valence-corrected chi connectivity index (χ3v) is 1.35. The van der Waals surface area contributed by atoms with Crippen LogP contribution < -0.4 is 9.47 Å². The predicted molar refractivity (Wildman–Crippen MR) is 45.9 cm³/mol. The number of benzene rings is 1. The zero-order valence-electron chi connectivity index (χ0n) is 7.17. The van der Waals surface area contributed by atoms with Crippen molar-refractivity contribution in [2.75, 3.05) is 6.61 Å². The van der Waals surface area contributed by atoms with Crippen molar-refractivity contribution in [3.8, 4) is 11.5 Å². The number of ether oxygens (including phenoxy) is 2. The van der Waals surface area contributed by atoms with Gasteiger partial charge in [-0.3, -0.25) is 4.79 Å². The van der Waals surface area contributed by atoms with Gasteiger partial charge in [-0.25, -0.2) is 4.79 Å². The summed E-state index contributed by atoms with van der Waals surface area (Å²) in [4.78, 5) is 20.7. The summed E-state index contributed by atoms with van der Waals surface area (Å²) < 4.78 is 9.19. The quantitative estimate of drug-likeness (QED) is 0.420. The molecule has 0 aliphatic carbocycles. The zero-order chi connectivity index (χ0) is 10.4. The highest BCUT2D eigenvalue weighted by atomic mass is 16.5. The van der Waals surface area contributed by atoms with Crippen LogP contribution >= 0.6 is 0 Å². The summed E-state index contributed by atoms with van der Waals surface area (Å²) in [5, 5.41) is 8.41. The van der Waals surface area contributed by atoms with Crippen LogP contribution in [0.15, 0.2) is 24.3 Å². The van der Waals surface area contributed by atoms with Crippen molar-refractivity contribution in [3.63, 3.8) is 0 Å². The lowest BCUT2D eigenvalue weighted by molar-refractivity contribution is -0.137. The average molecular weight is 196 g/mol. The average Bonchev–Trinajstić information content (AvgIpc) is 2.19. The molecule has 0 bridgehead atoms. The van der Waals surface area contributed by atoms with Crippen molar-refractivity contribution in [1.82, 2.24) is 0 Å². The number of aliphatic hydroxyl groups is 1. The highest BCUT2D eigenvalue weighted by Crippen LogP contribution is 2.18. The van der Waals surface area contributed by atoms with E-state index in [1.54, 1.807) is 6.07 Å². The molecule has 0 saturated heterocycles. The van der Waals surface area contributed by atoms with Gasteiger partial charge in [-0.15, -0.1) is 0 Å². The van der Waals surface area contributed by atoms with Crippen LogP contribution in [0.2, 0.25) is 0 Å². The van der Waals surface area contributed by atoms with Crippen LogP contribution in [-0.2, 0) is 9.59 Å². The molecular weight excluding hydrogens is 188 g/mol. The van der Waals surface area contributed by atoms with Gasteiger partial charge >= 0.3 is 5.97 Å². The molecule has 0 aromatic heterocycles. The van der Waals surface area contributed by atoms with E-state index in [1.807, 2.05) is 0 Å². The predicted octanol–water partition coefficient (Wildman–Crippen LogP) is 0.119. The minimum Gasteiger partial charge on any atom is -0.429 e. The molecule has 1 N–H and O–H groups in total. The first-order valence-electron chi connectivity index (χ1n) is 3.78. The third-order valence-electron chi connectivity index (χ3n) is 1.35. The first kappa shape index (κ1) is 10.2. The van der Waals surface area contributed by atoms with Crippen LogP contribution in [0.1, 0.15) is 0 Å². The molecule has 0 heterocycles. The molecule has 1 rings (SSSR count). The van der Waals surface area contributed by atoms with Crippen LogP contribution in [0.4, 0.5) is 0 Å². The number of esters is 1. The van der Waals surface area contributed by atoms with Crippen molar-refractivity contribution >= 4 is 12.4 Å². The highest BCUT2D eigenvalue weighted by molar-refractivity contribution is 5.73. The van der Waals surface area contributed by atoms with E-state index >= 15 is 0 Å². The van der Waals surface area contributed by atoms with Crippen molar-refractivity contribution in [2.45, 2.75) is 0 Å². The topological polar surface area (TPSA) is 72.8 Å². The number of hydrogen-bond acceptors (Lipinski definition) is 5. The van der Waals surface area contributed by atoms with Gasteiger partial charge in [-0.2, -0.15) is 0 Å². The molecule has 5 heteroatoms. The summed E-state index contributed by atoms with van der Waals surface area (Å²) in [7, 11) is 0. The molecule has 1 aromatic carbocycles. The largest absolute Gasteiger partial charge is 0.429 e. The van der Waals surface area contributed by atoms with Gasteiger partial charge in [-0.05, 0) is 12.1 Å². The van der Waals surface area contributed by atoms with Crippen LogP contribution in [0.3, 0.4) is 0 Å². The van der Waals surface area contributed by atoms with E-state index in [0.717, 1.165) is 0 Å². The Morgan fingerprint density at radius 1 is 1.43 bits per heavy atom. The SMILES string of the molecule is O=COc1cccc(OC(=O)CO)c1. The van der Waals surface area contributed by atoms with E-state index in [9.17, 15) is 9.59 Å². The number of carbonyl (C=O) groups is 2. The molecule has 0 atom stereocenters. The summed E-state index contributed by atoms with van der Waals surface area (Å²) in [6.07, 6.45) is 0. The second kappa shape index (κ2) is 4.98. The second-order valence-corrected chi connectivity index (χ2v) is 2.32. The lowest BCUT2D eigenvalue weighted by Crippen LogP contribution is -2.12.